The number of pyridine rings is 1. The van der Waals surface area contributed by atoms with Gasteiger partial charge in [0.15, 0.2) is 6.19 Å². The second-order valence-corrected chi connectivity index (χ2v) is 7.55. The number of guanidine groups is 1. The number of halogens is 2. The molecule has 3 aromatic rings. The minimum absolute atomic E-state index is 0.0249. The maximum atomic E-state index is 9.44. The Morgan fingerprint density at radius 2 is 1.81 bits per heavy atom. The van der Waals surface area contributed by atoms with Crippen LogP contribution in [0.4, 0.5) is 17.3 Å². The van der Waals surface area contributed by atoms with Gasteiger partial charge in [-0.3, -0.25) is 5.32 Å². The lowest BCUT2D eigenvalue weighted by atomic mass is 9.95. The van der Waals surface area contributed by atoms with Gasteiger partial charge >= 0.3 is 0 Å². The number of anilines is 3. The predicted molar refractivity (Wildman–Crippen MR) is 122 cm³/mol. The van der Waals surface area contributed by atoms with Gasteiger partial charge in [0.1, 0.15) is 40.8 Å². The lowest BCUT2D eigenvalue weighted by Gasteiger charge is -2.26. The summed E-state index contributed by atoms with van der Waals surface area (Å²) in [6.45, 7) is 0. The van der Waals surface area contributed by atoms with E-state index in [1.165, 1.54) is 0 Å². The average molecular weight is 465 g/mol. The summed E-state index contributed by atoms with van der Waals surface area (Å²) in [5.41, 5.74) is 13.5. The van der Waals surface area contributed by atoms with Crippen LogP contribution in [-0.2, 0) is 0 Å². The molecule has 0 amide bonds. The molecule has 0 aliphatic carbocycles. The van der Waals surface area contributed by atoms with Gasteiger partial charge in [0.2, 0.25) is 5.96 Å². The third kappa shape index (κ3) is 4.03. The van der Waals surface area contributed by atoms with Crippen molar-refractivity contribution in [2.24, 2.45) is 4.99 Å². The van der Waals surface area contributed by atoms with Crippen molar-refractivity contribution in [3.63, 3.8) is 0 Å². The van der Waals surface area contributed by atoms with E-state index in [-0.39, 0.29) is 23.0 Å². The highest BCUT2D eigenvalue weighted by Crippen LogP contribution is 2.41. The van der Waals surface area contributed by atoms with E-state index in [2.05, 4.69) is 20.6 Å². The normalized spacial score (nSPS) is 14.2. The van der Waals surface area contributed by atoms with Gasteiger partial charge in [0.05, 0.1) is 5.69 Å². The van der Waals surface area contributed by atoms with Gasteiger partial charge in [0, 0.05) is 15.6 Å². The molecule has 9 nitrogen and oxygen atoms in total. The number of fused-ring (bicyclic) bond motifs is 1. The van der Waals surface area contributed by atoms with E-state index in [1.807, 2.05) is 18.3 Å². The zero-order chi connectivity index (χ0) is 22.8. The topological polar surface area (TPSA) is 158 Å². The number of nitriles is 2. The number of nitrogens with one attached hydrogen (secondary N) is 2. The summed E-state index contributed by atoms with van der Waals surface area (Å²) < 4.78 is 5.91. The monoisotopic (exact) mass is 464 g/mol. The Morgan fingerprint density at radius 1 is 1.06 bits per heavy atom. The number of nitrogens with two attached hydrogens (primary N) is 2. The number of rotatable bonds is 3. The number of benzene rings is 2. The first-order valence-electron chi connectivity index (χ1n) is 9.12. The number of hydrogen-bond acceptors (Lipinski definition) is 9. The molecule has 1 unspecified atom stereocenters. The highest BCUT2D eigenvalue weighted by Gasteiger charge is 2.29. The largest absolute Gasteiger partial charge is 0.457 e. The molecule has 32 heavy (non-hydrogen) atoms. The zero-order valence-corrected chi connectivity index (χ0v) is 17.7. The molecule has 1 aromatic heterocycles. The van der Waals surface area contributed by atoms with E-state index < -0.39 is 6.04 Å². The lowest BCUT2D eigenvalue weighted by molar-refractivity contribution is 0.481. The summed E-state index contributed by atoms with van der Waals surface area (Å²) in [7, 11) is 0. The Labute approximate surface area is 192 Å². The average Bonchev–Trinajstić information content (AvgIpc) is 2.73. The molecule has 0 saturated carbocycles. The van der Waals surface area contributed by atoms with Crippen molar-refractivity contribution in [3.05, 3.63) is 69.2 Å². The van der Waals surface area contributed by atoms with Crippen molar-refractivity contribution < 1.29 is 4.74 Å². The Hall–Kier alpha value is -4.18. The molecule has 1 aliphatic rings. The van der Waals surface area contributed by atoms with Crippen LogP contribution in [0.25, 0.3) is 0 Å². The van der Waals surface area contributed by atoms with Crippen LogP contribution in [0.1, 0.15) is 22.7 Å². The fourth-order valence-electron chi connectivity index (χ4n) is 3.29. The zero-order valence-electron chi connectivity index (χ0n) is 16.2. The van der Waals surface area contributed by atoms with Gasteiger partial charge in [-0.2, -0.15) is 10.5 Å². The van der Waals surface area contributed by atoms with Crippen molar-refractivity contribution in [1.29, 1.82) is 10.5 Å². The maximum Gasteiger partial charge on any atom is 0.211 e. The molecule has 2 aromatic carbocycles. The minimum Gasteiger partial charge on any atom is -0.457 e. The van der Waals surface area contributed by atoms with Gasteiger partial charge in [-0.15, -0.1) is 0 Å². The number of ether oxygens (including phenoxy) is 1. The van der Waals surface area contributed by atoms with Crippen molar-refractivity contribution in [1.82, 2.24) is 10.3 Å². The second kappa shape index (κ2) is 8.52. The molecule has 11 heteroatoms. The van der Waals surface area contributed by atoms with Crippen LogP contribution in [0.15, 0.2) is 47.5 Å². The first-order chi connectivity index (χ1) is 15.4. The summed E-state index contributed by atoms with van der Waals surface area (Å²) in [5, 5.41) is 24.7. The van der Waals surface area contributed by atoms with E-state index in [0.717, 1.165) is 0 Å². The summed E-state index contributed by atoms with van der Waals surface area (Å²) in [4.78, 5) is 8.77. The van der Waals surface area contributed by atoms with Crippen molar-refractivity contribution in [3.8, 4) is 23.8 Å². The summed E-state index contributed by atoms with van der Waals surface area (Å²) in [5.74, 6) is 1.39. The Bertz CT molecular complexity index is 1320. The van der Waals surface area contributed by atoms with Gasteiger partial charge in [-0.25, -0.2) is 9.98 Å². The summed E-state index contributed by atoms with van der Waals surface area (Å²) in [6.07, 6.45) is 1.81. The van der Waals surface area contributed by atoms with Gasteiger partial charge in [0.25, 0.3) is 0 Å². The molecule has 0 spiro atoms. The van der Waals surface area contributed by atoms with Crippen LogP contribution in [0.2, 0.25) is 10.0 Å². The Kier molecular flexibility index (Phi) is 5.61. The Balaban J connectivity index is 1.80. The van der Waals surface area contributed by atoms with Crippen LogP contribution < -0.4 is 26.8 Å². The molecule has 0 radical (unpaired) electrons. The fraction of sp³-hybridized carbons (Fsp3) is 0.0476. The number of aliphatic imine (C=N–C) groups is 1. The summed E-state index contributed by atoms with van der Waals surface area (Å²) >= 11 is 12.1. The lowest BCUT2D eigenvalue weighted by Crippen LogP contribution is -2.32. The molecular formula is C21H14Cl2N8O. The number of nitrogens with zero attached hydrogens (tertiary/aromatic N) is 4. The van der Waals surface area contributed by atoms with E-state index in [4.69, 9.17) is 44.7 Å². The smallest absolute Gasteiger partial charge is 0.211 e. The number of aromatic nitrogens is 1. The highest BCUT2D eigenvalue weighted by molar-refractivity contribution is 6.34. The molecule has 158 valence electrons. The second-order valence-electron chi connectivity index (χ2n) is 6.68. The quantitative estimate of drug-likeness (QED) is 0.332. The van der Waals surface area contributed by atoms with Crippen molar-refractivity contribution >= 4 is 46.5 Å². The molecule has 1 atom stereocenters. The minimum atomic E-state index is -0.686. The van der Waals surface area contributed by atoms with Gasteiger partial charge in [-0.1, -0.05) is 35.3 Å². The molecule has 4 rings (SSSR count). The first kappa shape index (κ1) is 21.1. The van der Waals surface area contributed by atoms with Crippen LogP contribution in [-0.4, -0.2) is 10.9 Å². The number of nitrogen functional groups attached to an aromatic ring is 2. The van der Waals surface area contributed by atoms with Crippen LogP contribution in [0.3, 0.4) is 0 Å². The highest BCUT2D eigenvalue weighted by atomic mass is 35.5. The molecule has 0 saturated heterocycles. The van der Waals surface area contributed by atoms with E-state index in [9.17, 15) is 5.26 Å². The maximum absolute atomic E-state index is 9.44. The third-order valence-electron chi connectivity index (χ3n) is 4.60. The molecule has 6 N–H and O–H groups in total. The summed E-state index contributed by atoms with van der Waals surface area (Å²) in [6, 6.07) is 13.3. The number of hydrogen-bond donors (Lipinski definition) is 4. The van der Waals surface area contributed by atoms with E-state index >= 15 is 0 Å². The van der Waals surface area contributed by atoms with E-state index in [0.29, 0.717) is 38.5 Å². The van der Waals surface area contributed by atoms with E-state index in [1.54, 1.807) is 36.4 Å². The fourth-order valence-corrected chi connectivity index (χ4v) is 3.80. The van der Waals surface area contributed by atoms with Crippen molar-refractivity contribution in [2.75, 3.05) is 16.8 Å². The first-order valence-corrected chi connectivity index (χ1v) is 9.88. The van der Waals surface area contributed by atoms with Gasteiger partial charge in [-0.05, 0) is 35.9 Å². The van der Waals surface area contributed by atoms with Crippen LogP contribution in [0.5, 0.6) is 11.5 Å². The van der Waals surface area contributed by atoms with Crippen LogP contribution >= 0.6 is 23.2 Å². The Morgan fingerprint density at radius 3 is 2.50 bits per heavy atom. The predicted octanol–water partition coefficient (Wildman–Crippen LogP) is 4.16. The third-order valence-corrected chi connectivity index (χ3v) is 5.04. The SMILES string of the molecule is N#CNC1=NC(c2cccc(Oc3cc(Cl)cc(Cl)c3)c2)c2c(nc(N)c(C#N)c2N)N1. The van der Waals surface area contributed by atoms with Crippen molar-refractivity contribution in [2.45, 2.75) is 6.04 Å². The molecule has 0 fully saturated rings. The molecule has 0 bridgehead atoms. The van der Waals surface area contributed by atoms with Gasteiger partial charge < -0.3 is 21.5 Å². The molecule has 2 heterocycles. The molecular weight excluding hydrogens is 451 g/mol. The molecule has 1 aliphatic heterocycles. The van der Waals surface area contributed by atoms with Crippen LogP contribution in [0, 0.1) is 22.8 Å². The standard InChI is InChI=1S/C21H14Cl2N8O/c22-11-5-12(23)7-14(6-11)32-13-3-1-2-10(4-13)18-16-17(26)15(8-24)19(27)30-20(16)31-21(29-18)28-9-25/h1-7,18H,(H6,26,27,28,29,30,31).